The number of carboxylic acid groups (broad SMARTS) is 1. The molecule has 0 aliphatic heterocycles. The zero-order valence-corrected chi connectivity index (χ0v) is 14.6. The molecular weight excluding hydrogens is 361 g/mol. The lowest BCUT2D eigenvalue weighted by Gasteiger charge is -2.07. The highest BCUT2D eigenvalue weighted by atomic mass is 32.2. The number of hydrogen-bond donors (Lipinski definition) is 2. The van der Waals surface area contributed by atoms with Gasteiger partial charge in [-0.1, -0.05) is 24.3 Å². The topological polar surface area (TPSA) is 96.6 Å². The molecule has 0 fully saturated rings. The maximum absolute atomic E-state index is 13.4. The van der Waals surface area contributed by atoms with E-state index in [4.69, 9.17) is 9.52 Å². The molecule has 0 aliphatic rings. The smallest absolute Gasteiger partial charge is 0.307 e. The van der Waals surface area contributed by atoms with Gasteiger partial charge in [0, 0.05) is 17.5 Å². The summed E-state index contributed by atoms with van der Waals surface area (Å²) < 4.78 is 46.3. The molecule has 1 aromatic heterocycles. The lowest BCUT2D eigenvalue weighted by atomic mass is 10.1. The van der Waals surface area contributed by atoms with Crippen molar-refractivity contribution < 1.29 is 27.1 Å². The van der Waals surface area contributed by atoms with Crippen molar-refractivity contribution in [1.82, 2.24) is 4.72 Å². The van der Waals surface area contributed by atoms with E-state index in [0.717, 1.165) is 0 Å². The van der Waals surface area contributed by atoms with Gasteiger partial charge in [0.1, 0.15) is 11.4 Å². The Labute approximate surface area is 149 Å². The second-order valence-corrected chi connectivity index (χ2v) is 7.54. The van der Waals surface area contributed by atoms with Crippen molar-refractivity contribution in [2.45, 2.75) is 25.0 Å². The number of aliphatic carboxylic acids is 1. The van der Waals surface area contributed by atoms with E-state index in [9.17, 15) is 17.6 Å². The van der Waals surface area contributed by atoms with Gasteiger partial charge in [-0.3, -0.25) is 4.79 Å². The summed E-state index contributed by atoms with van der Waals surface area (Å²) in [5.41, 5.74) is 1.80. The average Bonchev–Trinajstić information content (AvgIpc) is 2.90. The van der Waals surface area contributed by atoms with Crippen LogP contribution in [0.25, 0.3) is 11.0 Å². The summed E-state index contributed by atoms with van der Waals surface area (Å²) in [6.45, 7) is 1.52. The molecule has 136 valence electrons. The quantitative estimate of drug-likeness (QED) is 0.688. The highest BCUT2D eigenvalue weighted by Crippen LogP contribution is 2.29. The van der Waals surface area contributed by atoms with E-state index in [1.165, 1.54) is 18.2 Å². The van der Waals surface area contributed by atoms with Crippen molar-refractivity contribution in [3.05, 3.63) is 65.0 Å². The molecule has 0 bridgehead atoms. The van der Waals surface area contributed by atoms with Gasteiger partial charge in [0.2, 0.25) is 5.09 Å². The Hall–Kier alpha value is -2.71. The molecular formula is C18H16FNO5S. The van der Waals surface area contributed by atoms with Gasteiger partial charge in [0.05, 0.1) is 6.42 Å². The number of furan rings is 1. The highest BCUT2D eigenvalue weighted by Gasteiger charge is 2.23. The third-order valence-corrected chi connectivity index (χ3v) is 5.31. The maximum atomic E-state index is 13.4. The van der Waals surface area contributed by atoms with Crippen molar-refractivity contribution in [2.75, 3.05) is 0 Å². The standard InChI is InChI=1S/C18H16FNO5S/c1-11-15-9-14(19)5-6-16(15)25-18(11)26(23,24)20-10-13-4-2-3-12(7-13)8-17(21)22/h2-7,9,20H,8,10H2,1H3,(H,21,22). The molecule has 0 radical (unpaired) electrons. The highest BCUT2D eigenvalue weighted by molar-refractivity contribution is 7.89. The number of rotatable bonds is 6. The zero-order chi connectivity index (χ0) is 18.9. The number of carbonyl (C=O) groups is 1. The van der Waals surface area contributed by atoms with Gasteiger partial charge < -0.3 is 9.52 Å². The van der Waals surface area contributed by atoms with Crippen LogP contribution in [0.2, 0.25) is 0 Å². The van der Waals surface area contributed by atoms with E-state index in [0.29, 0.717) is 22.1 Å². The first kappa shape index (κ1) is 18.1. The first-order valence-electron chi connectivity index (χ1n) is 7.74. The number of aryl methyl sites for hydroxylation is 1. The predicted molar refractivity (Wildman–Crippen MR) is 92.7 cm³/mol. The third kappa shape index (κ3) is 3.76. The van der Waals surface area contributed by atoms with Gasteiger partial charge in [-0.2, -0.15) is 0 Å². The molecule has 0 atom stereocenters. The van der Waals surface area contributed by atoms with Gasteiger partial charge >= 0.3 is 5.97 Å². The third-order valence-electron chi connectivity index (χ3n) is 3.91. The number of nitrogens with one attached hydrogen (secondary N) is 1. The molecule has 6 nitrogen and oxygen atoms in total. The lowest BCUT2D eigenvalue weighted by Crippen LogP contribution is -2.23. The first-order valence-corrected chi connectivity index (χ1v) is 9.22. The summed E-state index contributed by atoms with van der Waals surface area (Å²) in [4.78, 5) is 10.8. The molecule has 26 heavy (non-hydrogen) atoms. The van der Waals surface area contributed by atoms with Crippen LogP contribution in [-0.2, 0) is 27.8 Å². The lowest BCUT2D eigenvalue weighted by molar-refractivity contribution is -0.136. The van der Waals surface area contributed by atoms with Crippen LogP contribution in [-0.4, -0.2) is 19.5 Å². The fourth-order valence-electron chi connectivity index (χ4n) is 2.70. The van der Waals surface area contributed by atoms with Crippen LogP contribution in [0.4, 0.5) is 4.39 Å². The van der Waals surface area contributed by atoms with E-state index >= 15 is 0 Å². The van der Waals surface area contributed by atoms with Crippen molar-refractivity contribution >= 4 is 27.0 Å². The minimum Gasteiger partial charge on any atom is -0.481 e. The molecule has 0 unspecified atom stereocenters. The summed E-state index contributed by atoms with van der Waals surface area (Å²) in [5.74, 6) is -1.44. The Morgan fingerprint density at radius 1 is 1.19 bits per heavy atom. The Morgan fingerprint density at radius 3 is 2.65 bits per heavy atom. The number of carboxylic acids is 1. The summed E-state index contributed by atoms with van der Waals surface area (Å²) in [6, 6.07) is 10.4. The molecule has 3 aromatic rings. The van der Waals surface area contributed by atoms with Crippen molar-refractivity contribution in [2.24, 2.45) is 0 Å². The van der Waals surface area contributed by atoms with Crippen LogP contribution in [0.15, 0.2) is 52.0 Å². The van der Waals surface area contributed by atoms with Crippen molar-refractivity contribution in [1.29, 1.82) is 0 Å². The first-order chi connectivity index (χ1) is 12.3. The summed E-state index contributed by atoms with van der Waals surface area (Å²) in [6.07, 6.45) is -0.144. The van der Waals surface area contributed by atoms with Crippen molar-refractivity contribution in [3.8, 4) is 0 Å². The van der Waals surface area contributed by atoms with Crippen molar-refractivity contribution in [3.63, 3.8) is 0 Å². The van der Waals surface area contributed by atoms with Crippen LogP contribution >= 0.6 is 0 Å². The second kappa shape index (κ2) is 6.89. The van der Waals surface area contributed by atoms with Gasteiger partial charge in [-0.25, -0.2) is 17.5 Å². The Kier molecular flexibility index (Phi) is 4.80. The van der Waals surface area contributed by atoms with E-state index in [-0.39, 0.29) is 23.6 Å². The van der Waals surface area contributed by atoms with Crippen LogP contribution in [0, 0.1) is 12.7 Å². The molecule has 1 heterocycles. The van der Waals surface area contributed by atoms with Crippen LogP contribution in [0.1, 0.15) is 16.7 Å². The summed E-state index contributed by atoms with van der Waals surface area (Å²) >= 11 is 0. The SMILES string of the molecule is Cc1c(S(=O)(=O)NCc2cccc(CC(=O)O)c2)oc2ccc(F)cc12. The monoisotopic (exact) mass is 377 g/mol. The summed E-state index contributed by atoms with van der Waals surface area (Å²) in [5, 5.41) is 8.97. The molecule has 0 spiro atoms. The number of benzene rings is 2. The molecule has 0 aliphatic carbocycles. The Bertz CT molecular complexity index is 1090. The molecule has 3 rings (SSSR count). The molecule has 0 saturated carbocycles. The second-order valence-electron chi connectivity index (χ2n) is 5.87. The predicted octanol–water partition coefficient (Wildman–Crippen LogP) is 2.99. The van der Waals surface area contributed by atoms with Crippen LogP contribution < -0.4 is 4.72 Å². The number of fused-ring (bicyclic) bond motifs is 1. The number of halogens is 1. The Balaban J connectivity index is 1.84. The van der Waals surface area contributed by atoms with Gasteiger partial charge in [0.15, 0.2) is 0 Å². The minimum absolute atomic E-state index is 0.0271. The number of hydrogen-bond acceptors (Lipinski definition) is 4. The van der Waals surface area contributed by atoms with Gasteiger partial charge in [-0.15, -0.1) is 0 Å². The van der Waals surface area contributed by atoms with E-state index in [2.05, 4.69) is 4.72 Å². The zero-order valence-electron chi connectivity index (χ0n) is 13.8. The molecule has 2 aromatic carbocycles. The molecule has 8 heteroatoms. The molecule has 2 N–H and O–H groups in total. The normalized spacial score (nSPS) is 11.8. The molecule has 0 saturated heterocycles. The average molecular weight is 377 g/mol. The van der Waals surface area contributed by atoms with Gasteiger partial charge in [0.25, 0.3) is 10.0 Å². The summed E-state index contributed by atoms with van der Waals surface area (Å²) in [7, 11) is -3.96. The van der Waals surface area contributed by atoms with Gasteiger partial charge in [-0.05, 0) is 36.2 Å². The maximum Gasteiger partial charge on any atom is 0.307 e. The van der Waals surface area contributed by atoms with E-state index in [1.807, 2.05) is 0 Å². The molecule has 0 amide bonds. The fraction of sp³-hybridized carbons (Fsp3) is 0.167. The van der Waals surface area contributed by atoms with E-state index < -0.39 is 21.8 Å². The Morgan fingerprint density at radius 2 is 1.92 bits per heavy atom. The van der Waals surface area contributed by atoms with E-state index in [1.54, 1.807) is 31.2 Å². The minimum atomic E-state index is -3.96. The fourth-order valence-corrected chi connectivity index (χ4v) is 3.90. The van der Waals surface area contributed by atoms with Crippen LogP contribution in [0.3, 0.4) is 0 Å². The number of sulfonamides is 1. The largest absolute Gasteiger partial charge is 0.481 e. The van der Waals surface area contributed by atoms with Crippen LogP contribution in [0.5, 0.6) is 0 Å².